The molecule has 38 heavy (non-hydrogen) atoms. The number of esters is 1. The molecule has 11 heteroatoms. The maximum absolute atomic E-state index is 13.4. The first-order chi connectivity index (χ1) is 18.2. The number of likely N-dealkylation sites (tertiary alicyclic amines) is 1. The van der Waals surface area contributed by atoms with Gasteiger partial charge in [-0.1, -0.05) is 45.0 Å². The van der Waals surface area contributed by atoms with Crippen LogP contribution >= 0.6 is 0 Å². The Labute approximate surface area is 224 Å². The minimum Gasteiger partial charge on any atom is -0.465 e. The van der Waals surface area contributed by atoms with Gasteiger partial charge in [-0.3, -0.25) is 19.7 Å². The van der Waals surface area contributed by atoms with E-state index in [-0.39, 0.29) is 49.9 Å². The second kappa shape index (κ2) is 15.7. The molecule has 1 aliphatic rings. The molecule has 11 nitrogen and oxygen atoms in total. The Morgan fingerprint density at radius 2 is 1.84 bits per heavy atom. The van der Waals surface area contributed by atoms with E-state index in [9.17, 15) is 19.2 Å². The van der Waals surface area contributed by atoms with Crippen molar-refractivity contribution in [3.8, 4) is 0 Å². The van der Waals surface area contributed by atoms with Crippen molar-refractivity contribution in [3.63, 3.8) is 0 Å². The molecule has 0 unspecified atom stereocenters. The summed E-state index contributed by atoms with van der Waals surface area (Å²) in [4.78, 5) is 55.1. The number of benzene rings is 1. The van der Waals surface area contributed by atoms with Crippen LogP contribution in [0.2, 0.25) is 0 Å². The zero-order chi connectivity index (χ0) is 28.1. The molecule has 0 aliphatic carbocycles. The fourth-order valence-electron chi connectivity index (χ4n) is 4.15. The van der Waals surface area contributed by atoms with Gasteiger partial charge in [0.1, 0.15) is 11.9 Å². The first-order valence-electron chi connectivity index (χ1n) is 13.2. The smallest absolute Gasteiger partial charge is 0.435 e. The number of nitrogens with one attached hydrogen (secondary N) is 2. The van der Waals surface area contributed by atoms with Crippen LogP contribution in [0.15, 0.2) is 29.3 Å². The van der Waals surface area contributed by atoms with E-state index in [1.807, 2.05) is 20.8 Å². The number of ether oxygens (including phenoxy) is 2. The Morgan fingerprint density at radius 1 is 1.13 bits per heavy atom. The summed E-state index contributed by atoms with van der Waals surface area (Å²) in [7, 11) is 0. The highest BCUT2D eigenvalue weighted by Crippen LogP contribution is 2.20. The van der Waals surface area contributed by atoms with Gasteiger partial charge in [0.15, 0.2) is 0 Å². The Morgan fingerprint density at radius 3 is 2.47 bits per heavy atom. The SMILES string of the molecule is CCCOC(=O)N=C(N)c1ccc(CNC(=O)[C@@H]2CCCN2C(=O)[C@@H](CC(C)C)NCC(=O)OCC)cc1. The summed E-state index contributed by atoms with van der Waals surface area (Å²) < 4.78 is 9.87. The van der Waals surface area contributed by atoms with Crippen molar-refractivity contribution in [2.24, 2.45) is 16.6 Å². The van der Waals surface area contributed by atoms with E-state index in [0.29, 0.717) is 31.4 Å². The van der Waals surface area contributed by atoms with Crippen molar-refractivity contribution < 1.29 is 28.7 Å². The lowest BCUT2D eigenvalue weighted by Gasteiger charge is -2.29. The van der Waals surface area contributed by atoms with E-state index in [1.54, 1.807) is 36.1 Å². The second-order valence-corrected chi connectivity index (χ2v) is 9.58. The molecule has 0 saturated carbocycles. The van der Waals surface area contributed by atoms with Crippen molar-refractivity contribution in [3.05, 3.63) is 35.4 Å². The number of carbonyl (C=O) groups is 4. The highest BCUT2D eigenvalue weighted by Gasteiger charge is 2.37. The standard InChI is InChI=1S/C27H41N5O6/c1-5-14-38-27(36)31-24(28)20-11-9-19(10-12-20)16-30-25(34)22-8-7-13-32(22)26(35)21(15-18(3)4)29-17-23(33)37-6-2/h9-12,18,21-22,29H,5-8,13-17H2,1-4H3,(H,30,34)(H2,28,31,36)/t21-,22+/m1/s1. The molecule has 1 aliphatic heterocycles. The predicted molar refractivity (Wildman–Crippen MR) is 143 cm³/mol. The zero-order valence-electron chi connectivity index (χ0n) is 22.8. The van der Waals surface area contributed by atoms with Gasteiger partial charge in [0.2, 0.25) is 11.8 Å². The maximum Gasteiger partial charge on any atom is 0.435 e. The molecule has 4 N–H and O–H groups in total. The molecule has 2 rings (SSSR count). The molecule has 2 atom stereocenters. The number of nitrogens with zero attached hydrogens (tertiary/aromatic N) is 2. The molecule has 210 valence electrons. The number of nitrogens with two attached hydrogens (primary N) is 1. The van der Waals surface area contributed by atoms with Crippen LogP contribution in [0.25, 0.3) is 0 Å². The van der Waals surface area contributed by atoms with Crippen LogP contribution in [-0.2, 0) is 30.4 Å². The first-order valence-corrected chi connectivity index (χ1v) is 13.2. The number of amidine groups is 1. The number of carbonyl (C=O) groups excluding carboxylic acids is 4. The lowest BCUT2D eigenvalue weighted by atomic mass is 10.0. The Kier molecular flexibility index (Phi) is 12.7. The minimum absolute atomic E-state index is 0.0503. The van der Waals surface area contributed by atoms with Crippen LogP contribution in [0, 0.1) is 5.92 Å². The molecule has 0 spiro atoms. The minimum atomic E-state index is -0.733. The molecule has 1 aromatic rings. The van der Waals surface area contributed by atoms with E-state index in [0.717, 1.165) is 12.0 Å². The van der Waals surface area contributed by atoms with E-state index >= 15 is 0 Å². The fraction of sp³-hybridized carbons (Fsp3) is 0.593. The monoisotopic (exact) mass is 531 g/mol. The molecule has 3 amide bonds. The third-order valence-electron chi connectivity index (χ3n) is 6.00. The second-order valence-electron chi connectivity index (χ2n) is 9.58. The number of amides is 3. The molecule has 1 fully saturated rings. The summed E-state index contributed by atoms with van der Waals surface area (Å²) in [6.07, 6.45) is 1.80. The highest BCUT2D eigenvalue weighted by molar-refractivity contribution is 6.02. The third-order valence-corrected chi connectivity index (χ3v) is 6.00. The first kappa shape index (κ1) is 30.8. The quantitative estimate of drug-likeness (QED) is 0.199. The summed E-state index contributed by atoms with van der Waals surface area (Å²) in [6, 6.07) is 5.84. The van der Waals surface area contributed by atoms with E-state index < -0.39 is 24.1 Å². The number of hydrogen-bond donors (Lipinski definition) is 3. The van der Waals surface area contributed by atoms with Gasteiger partial charge in [0.25, 0.3) is 0 Å². The number of rotatable bonds is 13. The summed E-state index contributed by atoms with van der Waals surface area (Å²) in [6.45, 7) is 8.86. The van der Waals surface area contributed by atoms with E-state index in [4.69, 9.17) is 15.2 Å². The van der Waals surface area contributed by atoms with Crippen molar-refractivity contribution in [2.75, 3.05) is 26.3 Å². The van der Waals surface area contributed by atoms with Crippen LogP contribution in [0.4, 0.5) is 4.79 Å². The Hall–Kier alpha value is -3.47. The molecule has 1 heterocycles. The third kappa shape index (κ3) is 9.77. The van der Waals surface area contributed by atoms with Crippen LogP contribution in [-0.4, -0.2) is 73.0 Å². The Bertz CT molecular complexity index is 979. The summed E-state index contributed by atoms with van der Waals surface area (Å²) in [5, 5.41) is 5.93. The van der Waals surface area contributed by atoms with Crippen molar-refractivity contribution in [2.45, 2.75) is 72.0 Å². The largest absolute Gasteiger partial charge is 0.465 e. The molecule has 1 aromatic carbocycles. The topological polar surface area (TPSA) is 152 Å². The molecule has 1 saturated heterocycles. The fourth-order valence-corrected chi connectivity index (χ4v) is 4.15. The molecular weight excluding hydrogens is 490 g/mol. The lowest BCUT2D eigenvalue weighted by molar-refractivity contribution is -0.143. The average molecular weight is 532 g/mol. The van der Waals surface area contributed by atoms with Gasteiger partial charge in [0.05, 0.1) is 25.8 Å². The van der Waals surface area contributed by atoms with Crippen molar-refractivity contribution in [1.82, 2.24) is 15.5 Å². The van der Waals surface area contributed by atoms with Gasteiger partial charge in [-0.05, 0) is 44.1 Å². The normalized spacial score (nSPS) is 16.3. The van der Waals surface area contributed by atoms with Crippen molar-refractivity contribution >= 4 is 29.7 Å². The summed E-state index contributed by atoms with van der Waals surface area (Å²) in [5.74, 6) is -0.558. The van der Waals surface area contributed by atoms with Crippen LogP contribution < -0.4 is 16.4 Å². The van der Waals surface area contributed by atoms with Crippen molar-refractivity contribution in [1.29, 1.82) is 0 Å². The van der Waals surface area contributed by atoms with Gasteiger partial charge in [0, 0.05) is 18.7 Å². The summed E-state index contributed by atoms with van der Waals surface area (Å²) in [5.41, 5.74) is 7.27. The van der Waals surface area contributed by atoms with E-state index in [1.165, 1.54) is 0 Å². The van der Waals surface area contributed by atoms with Crippen LogP contribution in [0.3, 0.4) is 0 Å². The van der Waals surface area contributed by atoms with Crippen LogP contribution in [0.1, 0.15) is 64.5 Å². The van der Waals surface area contributed by atoms with Crippen LogP contribution in [0.5, 0.6) is 0 Å². The van der Waals surface area contributed by atoms with Gasteiger partial charge < -0.3 is 25.4 Å². The lowest BCUT2D eigenvalue weighted by Crippen LogP contribution is -2.53. The maximum atomic E-state index is 13.4. The highest BCUT2D eigenvalue weighted by atomic mass is 16.5. The average Bonchev–Trinajstić information content (AvgIpc) is 3.38. The molecule has 0 bridgehead atoms. The molecule has 0 aromatic heterocycles. The number of hydrogen-bond acceptors (Lipinski definition) is 7. The molecule has 0 radical (unpaired) electrons. The summed E-state index contributed by atoms with van der Waals surface area (Å²) >= 11 is 0. The van der Waals surface area contributed by atoms with E-state index in [2.05, 4.69) is 15.6 Å². The number of aliphatic imine (C=N–C) groups is 1. The molecular formula is C27H41N5O6. The van der Waals surface area contributed by atoms with Gasteiger partial charge >= 0.3 is 12.1 Å². The Balaban J connectivity index is 1.97. The zero-order valence-corrected chi connectivity index (χ0v) is 22.8. The van der Waals surface area contributed by atoms with Gasteiger partial charge in [-0.2, -0.15) is 4.99 Å². The predicted octanol–water partition coefficient (Wildman–Crippen LogP) is 2.11. The van der Waals surface area contributed by atoms with Gasteiger partial charge in [-0.15, -0.1) is 0 Å². The van der Waals surface area contributed by atoms with Gasteiger partial charge in [-0.25, -0.2) is 4.79 Å².